The van der Waals surface area contributed by atoms with E-state index in [2.05, 4.69) is 0 Å². The van der Waals surface area contributed by atoms with E-state index in [1.165, 1.54) is 32.1 Å². The number of hydrogen-bond donors (Lipinski definition) is 0. The SMILES string of the molecule is ClC12CCCCC1C2. The van der Waals surface area contributed by atoms with Crippen LogP contribution in [0.2, 0.25) is 0 Å². The maximum atomic E-state index is 6.15. The van der Waals surface area contributed by atoms with Crippen LogP contribution in [0.5, 0.6) is 0 Å². The molecule has 2 aliphatic rings. The first-order valence-corrected chi connectivity index (χ1v) is 3.88. The third-order valence-electron chi connectivity index (χ3n) is 2.55. The van der Waals surface area contributed by atoms with Gasteiger partial charge in [-0.25, -0.2) is 0 Å². The number of halogens is 1. The lowest BCUT2D eigenvalue weighted by Crippen LogP contribution is -2.07. The summed E-state index contributed by atoms with van der Waals surface area (Å²) >= 11 is 6.15. The summed E-state index contributed by atoms with van der Waals surface area (Å²) in [6, 6.07) is 0. The molecule has 0 heterocycles. The Hall–Kier alpha value is 0.290. The maximum Gasteiger partial charge on any atom is 0.0478 e. The topological polar surface area (TPSA) is 0 Å². The average molecular weight is 131 g/mol. The summed E-state index contributed by atoms with van der Waals surface area (Å²) in [5.41, 5.74) is 0. The van der Waals surface area contributed by atoms with Crippen LogP contribution in [-0.4, -0.2) is 4.87 Å². The van der Waals surface area contributed by atoms with Gasteiger partial charge >= 0.3 is 0 Å². The van der Waals surface area contributed by atoms with Crippen molar-refractivity contribution in [1.29, 1.82) is 0 Å². The van der Waals surface area contributed by atoms with Gasteiger partial charge in [-0.15, -0.1) is 11.6 Å². The van der Waals surface area contributed by atoms with Gasteiger partial charge in [-0.1, -0.05) is 12.8 Å². The fourth-order valence-electron chi connectivity index (χ4n) is 1.83. The number of fused-ring (bicyclic) bond motifs is 1. The third kappa shape index (κ3) is 0.589. The highest BCUT2D eigenvalue weighted by molar-refractivity contribution is 6.26. The molecule has 0 N–H and O–H groups in total. The Balaban J connectivity index is 2.04. The van der Waals surface area contributed by atoms with Gasteiger partial charge in [0.05, 0.1) is 0 Å². The van der Waals surface area contributed by atoms with Crippen LogP contribution in [0.15, 0.2) is 0 Å². The molecule has 1 heteroatoms. The van der Waals surface area contributed by atoms with Crippen molar-refractivity contribution in [2.75, 3.05) is 0 Å². The first kappa shape index (κ1) is 5.10. The zero-order valence-electron chi connectivity index (χ0n) is 4.99. The van der Waals surface area contributed by atoms with E-state index in [-0.39, 0.29) is 0 Å². The van der Waals surface area contributed by atoms with E-state index in [0.29, 0.717) is 4.87 Å². The maximum absolute atomic E-state index is 6.15. The molecule has 0 aromatic heterocycles. The fourth-order valence-corrected chi connectivity index (χ4v) is 2.26. The summed E-state index contributed by atoms with van der Waals surface area (Å²) in [6.07, 6.45) is 6.82. The zero-order valence-corrected chi connectivity index (χ0v) is 5.75. The summed E-state index contributed by atoms with van der Waals surface area (Å²) < 4.78 is 0. The van der Waals surface area contributed by atoms with Gasteiger partial charge in [0.15, 0.2) is 0 Å². The van der Waals surface area contributed by atoms with Crippen LogP contribution in [0.1, 0.15) is 32.1 Å². The Bertz CT molecular complexity index is 109. The molecule has 2 rings (SSSR count). The van der Waals surface area contributed by atoms with Crippen molar-refractivity contribution in [2.24, 2.45) is 5.92 Å². The summed E-state index contributed by atoms with van der Waals surface area (Å²) in [7, 11) is 0. The summed E-state index contributed by atoms with van der Waals surface area (Å²) in [6.45, 7) is 0. The monoisotopic (exact) mass is 130 g/mol. The molecule has 2 fully saturated rings. The first-order chi connectivity index (χ1) is 3.81. The lowest BCUT2D eigenvalue weighted by Gasteiger charge is -2.13. The highest BCUT2D eigenvalue weighted by Gasteiger charge is 2.53. The molecule has 0 saturated heterocycles. The molecule has 2 atom stereocenters. The second-order valence-corrected chi connectivity index (χ2v) is 3.93. The van der Waals surface area contributed by atoms with Gasteiger partial charge in [0.1, 0.15) is 0 Å². The van der Waals surface area contributed by atoms with E-state index < -0.39 is 0 Å². The third-order valence-corrected chi connectivity index (χ3v) is 3.20. The molecule has 0 radical (unpaired) electrons. The zero-order chi connectivity index (χ0) is 5.61. The van der Waals surface area contributed by atoms with Crippen LogP contribution in [0.4, 0.5) is 0 Å². The molecule has 8 heavy (non-hydrogen) atoms. The minimum atomic E-state index is 0.318. The van der Waals surface area contributed by atoms with Crippen molar-refractivity contribution >= 4 is 11.6 Å². The number of rotatable bonds is 0. The second kappa shape index (κ2) is 1.41. The van der Waals surface area contributed by atoms with E-state index >= 15 is 0 Å². The molecule has 0 spiro atoms. The van der Waals surface area contributed by atoms with E-state index in [1.54, 1.807) is 0 Å². The van der Waals surface area contributed by atoms with Gasteiger partial charge in [0.2, 0.25) is 0 Å². The van der Waals surface area contributed by atoms with Gasteiger partial charge < -0.3 is 0 Å². The highest BCUT2D eigenvalue weighted by atomic mass is 35.5. The average Bonchev–Trinajstić information content (AvgIpc) is 2.39. The van der Waals surface area contributed by atoms with Crippen molar-refractivity contribution in [2.45, 2.75) is 37.0 Å². The molecule has 0 aromatic carbocycles. The van der Waals surface area contributed by atoms with Crippen LogP contribution in [-0.2, 0) is 0 Å². The summed E-state index contributed by atoms with van der Waals surface area (Å²) in [5.74, 6) is 0.915. The quantitative estimate of drug-likeness (QED) is 0.442. The lowest BCUT2D eigenvalue weighted by atomic mass is 10.0. The van der Waals surface area contributed by atoms with Crippen LogP contribution >= 0.6 is 11.6 Å². The highest BCUT2D eigenvalue weighted by Crippen LogP contribution is 2.58. The Kier molecular flexibility index (Phi) is 0.901. The minimum Gasteiger partial charge on any atom is -0.119 e. The van der Waals surface area contributed by atoms with Crippen molar-refractivity contribution in [3.8, 4) is 0 Å². The van der Waals surface area contributed by atoms with E-state index in [0.717, 1.165) is 5.92 Å². The molecule has 0 aliphatic heterocycles. The predicted octanol–water partition coefficient (Wildman–Crippen LogP) is 2.56. The molecule has 0 nitrogen and oxygen atoms in total. The largest absolute Gasteiger partial charge is 0.119 e. The van der Waals surface area contributed by atoms with Gasteiger partial charge in [-0.3, -0.25) is 0 Å². The number of alkyl halides is 1. The van der Waals surface area contributed by atoms with E-state index in [9.17, 15) is 0 Å². The normalized spacial score (nSPS) is 52.9. The molecule has 0 aromatic rings. The lowest BCUT2D eigenvalue weighted by molar-refractivity contribution is 0.498. The van der Waals surface area contributed by atoms with Crippen LogP contribution in [0.3, 0.4) is 0 Å². The molecule has 2 aliphatic carbocycles. The van der Waals surface area contributed by atoms with Crippen molar-refractivity contribution in [1.82, 2.24) is 0 Å². The van der Waals surface area contributed by atoms with Crippen molar-refractivity contribution in [3.63, 3.8) is 0 Å². The standard InChI is InChI=1S/C7H11Cl/c8-7-4-2-1-3-6(7)5-7/h6H,1-5H2. The Morgan fingerprint density at radius 1 is 1.38 bits per heavy atom. The predicted molar refractivity (Wildman–Crippen MR) is 35.2 cm³/mol. The summed E-state index contributed by atoms with van der Waals surface area (Å²) in [4.78, 5) is 0.318. The smallest absolute Gasteiger partial charge is 0.0478 e. The van der Waals surface area contributed by atoms with Gasteiger partial charge in [0.25, 0.3) is 0 Å². The number of hydrogen-bond acceptors (Lipinski definition) is 0. The van der Waals surface area contributed by atoms with E-state index in [4.69, 9.17) is 11.6 Å². The summed E-state index contributed by atoms with van der Waals surface area (Å²) in [5, 5.41) is 0. The molecule has 46 valence electrons. The fraction of sp³-hybridized carbons (Fsp3) is 1.00. The Morgan fingerprint density at radius 2 is 2.25 bits per heavy atom. The molecule has 2 unspecified atom stereocenters. The molecular weight excluding hydrogens is 120 g/mol. The molecule has 0 amide bonds. The van der Waals surface area contributed by atoms with Crippen molar-refractivity contribution < 1.29 is 0 Å². The Labute approximate surface area is 55.2 Å². The van der Waals surface area contributed by atoms with E-state index in [1.807, 2.05) is 0 Å². The van der Waals surface area contributed by atoms with Crippen LogP contribution in [0, 0.1) is 5.92 Å². The Morgan fingerprint density at radius 3 is 2.75 bits per heavy atom. The van der Waals surface area contributed by atoms with Crippen LogP contribution in [0.25, 0.3) is 0 Å². The van der Waals surface area contributed by atoms with Gasteiger partial charge in [-0.05, 0) is 25.2 Å². The van der Waals surface area contributed by atoms with Gasteiger partial charge in [-0.2, -0.15) is 0 Å². The van der Waals surface area contributed by atoms with Crippen molar-refractivity contribution in [3.05, 3.63) is 0 Å². The second-order valence-electron chi connectivity index (χ2n) is 3.18. The van der Waals surface area contributed by atoms with Crippen LogP contribution < -0.4 is 0 Å². The molecule has 0 bridgehead atoms. The first-order valence-electron chi connectivity index (χ1n) is 3.50. The van der Waals surface area contributed by atoms with Gasteiger partial charge in [0, 0.05) is 4.87 Å². The molecular formula is C7H11Cl. The molecule has 2 saturated carbocycles. The minimum absolute atomic E-state index is 0.318.